The Balaban J connectivity index is 1.61. The Morgan fingerprint density at radius 3 is 2.52 bits per heavy atom. The summed E-state index contributed by atoms with van der Waals surface area (Å²) in [5.41, 5.74) is -0.169. The van der Waals surface area contributed by atoms with Crippen molar-refractivity contribution in [3.05, 3.63) is 42.2 Å². The van der Waals surface area contributed by atoms with E-state index in [0.717, 1.165) is 31.7 Å². The molecule has 0 saturated heterocycles. The minimum Gasteiger partial charge on any atom is -0.385 e. The number of halogens is 3. The monoisotopic (exact) mass is 430 g/mol. The van der Waals surface area contributed by atoms with Gasteiger partial charge in [-0.1, -0.05) is 0 Å². The van der Waals surface area contributed by atoms with E-state index in [-0.39, 0.29) is 17.5 Å². The predicted molar refractivity (Wildman–Crippen MR) is 105 cm³/mol. The minimum atomic E-state index is -4.47. The molecule has 1 heterocycles. The molecule has 0 unspecified atom stereocenters. The van der Waals surface area contributed by atoms with Crippen LogP contribution >= 0.6 is 0 Å². The Morgan fingerprint density at radius 2 is 1.93 bits per heavy atom. The Kier molecular flexibility index (Phi) is 6.52. The van der Waals surface area contributed by atoms with Gasteiger partial charge in [0, 0.05) is 30.7 Å². The predicted octanol–water partition coefficient (Wildman–Crippen LogP) is 3.80. The van der Waals surface area contributed by atoms with Gasteiger partial charge in [0.1, 0.15) is 0 Å². The second-order valence-corrected chi connectivity index (χ2v) is 9.34. The molecule has 2 aromatic rings. The van der Waals surface area contributed by atoms with E-state index in [1.54, 1.807) is 13.0 Å². The van der Waals surface area contributed by atoms with Crippen LogP contribution in [-0.2, 0) is 16.2 Å². The normalized spacial score (nSPS) is 20.6. The molecule has 0 amide bonds. The largest absolute Gasteiger partial charge is 0.418 e. The van der Waals surface area contributed by atoms with Gasteiger partial charge in [0.25, 0.3) is 0 Å². The molecule has 1 saturated carbocycles. The Hall–Kier alpha value is -2.07. The maximum Gasteiger partial charge on any atom is 0.418 e. The van der Waals surface area contributed by atoms with Gasteiger partial charge in [0.05, 0.1) is 17.0 Å². The summed E-state index contributed by atoms with van der Waals surface area (Å²) < 4.78 is 67.2. The van der Waals surface area contributed by atoms with E-state index >= 15 is 0 Å². The van der Waals surface area contributed by atoms with Crippen molar-refractivity contribution in [1.82, 2.24) is 14.5 Å². The molecular weight excluding hydrogens is 405 g/mol. The van der Waals surface area contributed by atoms with Crippen LogP contribution in [0.2, 0.25) is 0 Å². The van der Waals surface area contributed by atoms with E-state index in [0.29, 0.717) is 18.2 Å². The third kappa shape index (κ3) is 5.72. The van der Waals surface area contributed by atoms with Crippen molar-refractivity contribution in [2.24, 2.45) is 5.92 Å². The van der Waals surface area contributed by atoms with Crippen LogP contribution in [0, 0.1) is 5.92 Å². The first-order chi connectivity index (χ1) is 13.7. The summed E-state index contributed by atoms with van der Waals surface area (Å²) >= 11 is 0. The quantitative estimate of drug-likeness (QED) is 0.701. The van der Waals surface area contributed by atoms with E-state index in [4.69, 9.17) is 0 Å². The number of rotatable bonds is 7. The van der Waals surface area contributed by atoms with Gasteiger partial charge in [-0.15, -0.1) is 0 Å². The fourth-order valence-electron chi connectivity index (χ4n) is 3.57. The van der Waals surface area contributed by atoms with Crippen molar-refractivity contribution in [3.63, 3.8) is 0 Å². The molecule has 0 aliphatic heterocycles. The number of hydrogen-bond donors (Lipinski definition) is 2. The molecule has 1 aliphatic carbocycles. The van der Waals surface area contributed by atoms with E-state index in [1.807, 2.05) is 0 Å². The zero-order valence-electron chi connectivity index (χ0n) is 16.1. The van der Waals surface area contributed by atoms with Crippen LogP contribution in [0.1, 0.15) is 38.2 Å². The SMILES string of the molecule is CCS(=O)(=O)N[C@H]1CC[C@H](CNc2ccc(C(F)(F)F)c(-n3cccn3)c2)CC1. The number of alkyl halides is 3. The molecule has 1 aromatic carbocycles. The van der Waals surface area contributed by atoms with Crippen LogP contribution in [0.3, 0.4) is 0 Å². The van der Waals surface area contributed by atoms with Gasteiger partial charge in [-0.3, -0.25) is 0 Å². The first-order valence-corrected chi connectivity index (χ1v) is 11.3. The fraction of sp³-hybridized carbons (Fsp3) is 0.526. The van der Waals surface area contributed by atoms with Crippen LogP contribution in [-0.4, -0.2) is 36.5 Å². The molecule has 1 fully saturated rings. The van der Waals surface area contributed by atoms with Crippen LogP contribution in [0.15, 0.2) is 36.7 Å². The summed E-state index contributed by atoms with van der Waals surface area (Å²) in [6.07, 6.45) is 1.68. The molecule has 3 rings (SSSR count). The molecule has 0 spiro atoms. The van der Waals surface area contributed by atoms with Gasteiger partial charge in [0.15, 0.2) is 0 Å². The van der Waals surface area contributed by atoms with Gasteiger partial charge >= 0.3 is 6.18 Å². The lowest BCUT2D eigenvalue weighted by atomic mass is 9.86. The molecular formula is C19H25F3N4O2S. The molecule has 0 bridgehead atoms. The maximum atomic E-state index is 13.3. The van der Waals surface area contributed by atoms with Gasteiger partial charge in [-0.05, 0) is 62.8 Å². The topological polar surface area (TPSA) is 76.0 Å². The Bertz CT molecular complexity index is 906. The van der Waals surface area contributed by atoms with Crippen molar-refractivity contribution in [2.75, 3.05) is 17.6 Å². The zero-order valence-corrected chi connectivity index (χ0v) is 16.9. The molecule has 1 aromatic heterocycles. The minimum absolute atomic E-state index is 0.0230. The molecule has 1 aliphatic rings. The van der Waals surface area contributed by atoms with E-state index in [2.05, 4.69) is 15.1 Å². The highest BCUT2D eigenvalue weighted by Gasteiger charge is 2.34. The maximum absolute atomic E-state index is 13.3. The van der Waals surface area contributed by atoms with Crippen LogP contribution in [0.5, 0.6) is 0 Å². The van der Waals surface area contributed by atoms with Crippen LogP contribution in [0.4, 0.5) is 18.9 Å². The third-order valence-electron chi connectivity index (χ3n) is 5.22. The van der Waals surface area contributed by atoms with Gasteiger partial charge in [-0.25, -0.2) is 17.8 Å². The molecule has 6 nitrogen and oxygen atoms in total. The summed E-state index contributed by atoms with van der Waals surface area (Å²) in [5, 5.41) is 7.15. The highest BCUT2D eigenvalue weighted by atomic mass is 32.2. The van der Waals surface area contributed by atoms with Crippen molar-refractivity contribution in [2.45, 2.75) is 44.8 Å². The summed E-state index contributed by atoms with van der Waals surface area (Å²) in [7, 11) is -3.20. The summed E-state index contributed by atoms with van der Waals surface area (Å²) in [6.45, 7) is 2.23. The summed E-state index contributed by atoms with van der Waals surface area (Å²) in [4.78, 5) is 0. The molecule has 10 heteroatoms. The van der Waals surface area contributed by atoms with Crippen molar-refractivity contribution in [3.8, 4) is 5.69 Å². The molecule has 0 radical (unpaired) electrons. The van der Waals surface area contributed by atoms with Crippen LogP contribution in [0.25, 0.3) is 5.69 Å². The fourth-order valence-corrected chi connectivity index (χ4v) is 4.48. The van der Waals surface area contributed by atoms with Crippen molar-refractivity contribution >= 4 is 15.7 Å². The number of nitrogens with one attached hydrogen (secondary N) is 2. The Labute approximate surface area is 168 Å². The molecule has 29 heavy (non-hydrogen) atoms. The first-order valence-electron chi connectivity index (χ1n) is 9.63. The lowest BCUT2D eigenvalue weighted by Crippen LogP contribution is -2.39. The average Bonchev–Trinajstić information content (AvgIpc) is 3.21. The number of hydrogen-bond acceptors (Lipinski definition) is 4. The van der Waals surface area contributed by atoms with Gasteiger partial charge < -0.3 is 5.32 Å². The number of aromatic nitrogens is 2. The highest BCUT2D eigenvalue weighted by Crippen LogP contribution is 2.35. The number of anilines is 1. The van der Waals surface area contributed by atoms with Gasteiger partial charge in [-0.2, -0.15) is 18.3 Å². The first kappa shape index (κ1) is 21.6. The van der Waals surface area contributed by atoms with E-state index < -0.39 is 21.8 Å². The summed E-state index contributed by atoms with van der Waals surface area (Å²) in [6, 6.07) is 5.49. The van der Waals surface area contributed by atoms with Gasteiger partial charge in [0.2, 0.25) is 10.0 Å². The van der Waals surface area contributed by atoms with E-state index in [9.17, 15) is 21.6 Å². The summed E-state index contributed by atoms with van der Waals surface area (Å²) in [5.74, 6) is 0.411. The Morgan fingerprint density at radius 1 is 1.21 bits per heavy atom. The smallest absolute Gasteiger partial charge is 0.385 e. The van der Waals surface area contributed by atoms with Crippen molar-refractivity contribution < 1.29 is 21.6 Å². The third-order valence-corrected chi connectivity index (χ3v) is 6.67. The second kappa shape index (κ2) is 8.74. The molecule has 160 valence electrons. The number of benzene rings is 1. The van der Waals surface area contributed by atoms with E-state index in [1.165, 1.54) is 29.2 Å². The lowest BCUT2D eigenvalue weighted by molar-refractivity contribution is -0.137. The zero-order chi connectivity index (χ0) is 21.1. The van der Waals surface area contributed by atoms with Crippen molar-refractivity contribution in [1.29, 1.82) is 0 Å². The number of sulfonamides is 1. The molecule has 2 N–H and O–H groups in total. The van der Waals surface area contributed by atoms with Crippen LogP contribution < -0.4 is 10.0 Å². The average molecular weight is 430 g/mol. The standard InChI is InChI=1S/C19H25F3N4O2S/c1-2-29(27,28)25-15-6-4-14(5-7-15)13-23-16-8-9-17(19(20,21)22)18(12-16)26-11-3-10-24-26/h3,8-12,14-15,23,25H,2,4-7,13H2,1H3/t14-,15-. The molecule has 0 atom stereocenters. The lowest BCUT2D eigenvalue weighted by Gasteiger charge is -2.29. The second-order valence-electron chi connectivity index (χ2n) is 7.30. The highest BCUT2D eigenvalue weighted by molar-refractivity contribution is 7.89. The number of nitrogens with zero attached hydrogens (tertiary/aromatic N) is 2.